The van der Waals surface area contributed by atoms with Gasteiger partial charge in [-0.25, -0.2) is 4.79 Å². The molecule has 0 saturated carbocycles. The summed E-state index contributed by atoms with van der Waals surface area (Å²) >= 11 is 0. The average molecular weight is 130 g/mol. The molecule has 0 radical (unpaired) electrons. The summed E-state index contributed by atoms with van der Waals surface area (Å²) in [6, 6.07) is -0.425. The van der Waals surface area contributed by atoms with Gasteiger partial charge in [0.2, 0.25) is 0 Å². The number of nitrogens with two attached hydrogens (primary N) is 1. The number of hydrogen-bond donors (Lipinski definition) is 2. The van der Waals surface area contributed by atoms with Crippen LogP contribution in [0.1, 0.15) is 26.2 Å². The smallest absolute Gasteiger partial charge is 0.312 e. The Morgan fingerprint density at radius 1 is 1.56 bits per heavy atom. The van der Waals surface area contributed by atoms with E-state index in [0.717, 1.165) is 12.8 Å². The van der Waals surface area contributed by atoms with Gasteiger partial charge in [0.1, 0.15) is 0 Å². The molecule has 3 N–H and O–H groups in total. The maximum Gasteiger partial charge on any atom is 0.312 e. The summed E-state index contributed by atoms with van der Waals surface area (Å²) in [5, 5.41) is 2.52. The highest BCUT2D eigenvalue weighted by molar-refractivity contribution is 5.71. The first-order chi connectivity index (χ1) is 4.27. The van der Waals surface area contributed by atoms with E-state index < -0.39 is 6.03 Å². The molecule has 0 aromatic rings. The zero-order chi connectivity index (χ0) is 7.11. The molecule has 0 aliphatic heterocycles. The van der Waals surface area contributed by atoms with E-state index in [9.17, 15) is 4.79 Å². The number of rotatable bonds is 4. The average Bonchev–Trinajstić information content (AvgIpc) is 1.80. The van der Waals surface area contributed by atoms with Crippen LogP contribution >= 0.6 is 0 Å². The Labute approximate surface area is 55.6 Å². The molecule has 0 atom stereocenters. The van der Waals surface area contributed by atoms with Crippen LogP contribution in [0.5, 0.6) is 0 Å². The lowest BCUT2D eigenvalue weighted by atomic mass is 10.2. The van der Waals surface area contributed by atoms with Gasteiger partial charge in [-0.3, -0.25) is 0 Å². The van der Waals surface area contributed by atoms with E-state index in [2.05, 4.69) is 12.2 Å². The second-order valence-electron chi connectivity index (χ2n) is 2.00. The van der Waals surface area contributed by atoms with Crippen molar-refractivity contribution in [2.24, 2.45) is 5.73 Å². The van der Waals surface area contributed by atoms with Crippen LogP contribution in [0.4, 0.5) is 4.79 Å². The van der Waals surface area contributed by atoms with Gasteiger partial charge in [0.15, 0.2) is 0 Å². The summed E-state index contributed by atoms with van der Waals surface area (Å²) in [4.78, 5) is 10.1. The Kier molecular flexibility index (Phi) is 4.97. The van der Waals surface area contributed by atoms with Crippen molar-refractivity contribution in [3.05, 3.63) is 0 Å². The van der Waals surface area contributed by atoms with Gasteiger partial charge in [-0.2, -0.15) is 0 Å². The van der Waals surface area contributed by atoms with E-state index in [0.29, 0.717) is 6.54 Å². The molecule has 0 aromatic carbocycles. The van der Waals surface area contributed by atoms with Crippen molar-refractivity contribution in [1.82, 2.24) is 5.32 Å². The molecule has 0 saturated heterocycles. The number of carbonyl (C=O) groups excluding carboxylic acids is 1. The maximum absolute atomic E-state index is 10.1. The monoisotopic (exact) mass is 130 g/mol. The molecule has 3 heteroatoms. The van der Waals surface area contributed by atoms with Crippen LogP contribution in [-0.4, -0.2) is 12.6 Å². The molecule has 9 heavy (non-hydrogen) atoms. The number of urea groups is 1. The van der Waals surface area contributed by atoms with E-state index in [4.69, 9.17) is 5.73 Å². The molecule has 0 aromatic heterocycles. The fourth-order valence-corrected chi connectivity index (χ4v) is 0.587. The molecular weight excluding hydrogens is 116 g/mol. The number of hydrogen-bond acceptors (Lipinski definition) is 1. The summed E-state index contributed by atoms with van der Waals surface area (Å²) in [5.74, 6) is 0. The molecule has 0 bridgehead atoms. The summed E-state index contributed by atoms with van der Waals surface area (Å²) < 4.78 is 0. The molecule has 2 amide bonds. The minimum Gasteiger partial charge on any atom is -0.352 e. The highest BCUT2D eigenvalue weighted by Crippen LogP contribution is 1.90. The second kappa shape index (κ2) is 5.41. The van der Waals surface area contributed by atoms with Crippen molar-refractivity contribution in [3.8, 4) is 0 Å². The molecule has 0 aliphatic carbocycles. The molecule has 0 spiro atoms. The summed E-state index contributed by atoms with van der Waals surface area (Å²) in [5.41, 5.74) is 4.82. The summed E-state index contributed by atoms with van der Waals surface area (Å²) in [7, 11) is 0. The molecule has 0 aliphatic rings. The van der Waals surface area contributed by atoms with Crippen molar-refractivity contribution in [2.45, 2.75) is 26.2 Å². The lowest BCUT2D eigenvalue weighted by Gasteiger charge is -1.97. The molecular formula is C6H14N2O. The first-order valence-electron chi connectivity index (χ1n) is 3.30. The summed E-state index contributed by atoms with van der Waals surface area (Å²) in [6.07, 6.45) is 3.35. The molecule has 0 unspecified atom stereocenters. The van der Waals surface area contributed by atoms with Gasteiger partial charge in [0.05, 0.1) is 0 Å². The number of carbonyl (C=O) groups is 1. The number of amides is 2. The second-order valence-corrected chi connectivity index (χ2v) is 2.00. The van der Waals surface area contributed by atoms with E-state index >= 15 is 0 Å². The van der Waals surface area contributed by atoms with Gasteiger partial charge in [-0.15, -0.1) is 0 Å². The third-order valence-electron chi connectivity index (χ3n) is 1.08. The van der Waals surface area contributed by atoms with Crippen LogP contribution in [0.2, 0.25) is 0 Å². The molecule has 0 heterocycles. The Bertz CT molecular complexity index is 83.1. The maximum atomic E-state index is 10.1. The molecule has 54 valence electrons. The zero-order valence-corrected chi connectivity index (χ0v) is 5.81. The zero-order valence-electron chi connectivity index (χ0n) is 5.81. The fourth-order valence-electron chi connectivity index (χ4n) is 0.587. The third kappa shape index (κ3) is 7.27. The first kappa shape index (κ1) is 8.27. The minimum absolute atomic E-state index is 0.425. The van der Waals surface area contributed by atoms with Crippen molar-refractivity contribution >= 4 is 6.03 Å². The van der Waals surface area contributed by atoms with Crippen molar-refractivity contribution in [2.75, 3.05) is 6.54 Å². The number of unbranched alkanes of at least 4 members (excludes halogenated alkanes) is 2. The van der Waals surface area contributed by atoms with Gasteiger partial charge >= 0.3 is 6.03 Å². The van der Waals surface area contributed by atoms with Crippen molar-refractivity contribution < 1.29 is 4.79 Å². The van der Waals surface area contributed by atoms with Crippen molar-refractivity contribution in [1.29, 1.82) is 0 Å². The van der Waals surface area contributed by atoms with Gasteiger partial charge in [-0.1, -0.05) is 19.8 Å². The van der Waals surface area contributed by atoms with Crippen molar-refractivity contribution in [3.63, 3.8) is 0 Å². The largest absolute Gasteiger partial charge is 0.352 e. The van der Waals surface area contributed by atoms with Gasteiger partial charge in [0, 0.05) is 6.54 Å². The molecule has 0 rings (SSSR count). The highest BCUT2D eigenvalue weighted by Gasteiger charge is 1.88. The first-order valence-corrected chi connectivity index (χ1v) is 3.30. The van der Waals surface area contributed by atoms with E-state index in [1.807, 2.05) is 0 Å². The summed E-state index contributed by atoms with van der Waals surface area (Å²) in [6.45, 7) is 2.83. The predicted octanol–water partition coefficient (Wildman–Crippen LogP) is 0.845. The van der Waals surface area contributed by atoms with Crippen LogP contribution in [0, 0.1) is 0 Å². The van der Waals surface area contributed by atoms with E-state index in [1.54, 1.807) is 0 Å². The number of primary amides is 1. The van der Waals surface area contributed by atoms with Crippen LogP contribution in [0.25, 0.3) is 0 Å². The van der Waals surface area contributed by atoms with Crippen LogP contribution < -0.4 is 11.1 Å². The third-order valence-corrected chi connectivity index (χ3v) is 1.08. The standard InChI is InChI=1S/C6H14N2O/c1-2-3-4-5-8-6(7)9/h2-5H2,1H3,(H3,7,8,9). The Balaban J connectivity index is 2.83. The Hall–Kier alpha value is -0.730. The van der Waals surface area contributed by atoms with Gasteiger partial charge in [0.25, 0.3) is 0 Å². The van der Waals surface area contributed by atoms with Gasteiger partial charge < -0.3 is 11.1 Å². The van der Waals surface area contributed by atoms with Gasteiger partial charge in [-0.05, 0) is 6.42 Å². The van der Waals surface area contributed by atoms with Crippen LogP contribution in [-0.2, 0) is 0 Å². The lowest BCUT2D eigenvalue weighted by Crippen LogP contribution is -2.29. The quantitative estimate of drug-likeness (QED) is 0.544. The Morgan fingerprint density at radius 2 is 2.22 bits per heavy atom. The lowest BCUT2D eigenvalue weighted by molar-refractivity contribution is 0.248. The molecule has 0 fully saturated rings. The number of nitrogens with one attached hydrogen (secondary N) is 1. The van der Waals surface area contributed by atoms with E-state index in [1.165, 1.54) is 6.42 Å². The molecule has 3 nitrogen and oxygen atoms in total. The van der Waals surface area contributed by atoms with Crippen LogP contribution in [0.3, 0.4) is 0 Å². The minimum atomic E-state index is -0.425. The Morgan fingerprint density at radius 3 is 2.67 bits per heavy atom. The van der Waals surface area contributed by atoms with Crippen LogP contribution in [0.15, 0.2) is 0 Å². The topological polar surface area (TPSA) is 55.1 Å². The predicted molar refractivity (Wildman–Crippen MR) is 37.1 cm³/mol. The fraction of sp³-hybridized carbons (Fsp3) is 0.833. The SMILES string of the molecule is CCCCCNC(N)=O. The van der Waals surface area contributed by atoms with E-state index in [-0.39, 0.29) is 0 Å². The highest BCUT2D eigenvalue weighted by atomic mass is 16.2. The normalized spacial score (nSPS) is 9.00.